The number of para-hydroxylation sites is 1. The van der Waals surface area contributed by atoms with Crippen LogP contribution in [-0.4, -0.2) is 24.1 Å². The second kappa shape index (κ2) is 7.36. The van der Waals surface area contributed by atoms with Gasteiger partial charge in [0.05, 0.1) is 13.2 Å². The maximum Gasteiger partial charge on any atom is 0.122 e. The number of hydrogen-bond donors (Lipinski definition) is 1. The first-order chi connectivity index (χ1) is 9.69. The third-order valence-electron chi connectivity index (χ3n) is 3.08. The van der Waals surface area contributed by atoms with Gasteiger partial charge < -0.3 is 9.84 Å². The van der Waals surface area contributed by atoms with Gasteiger partial charge in [0.1, 0.15) is 5.75 Å². The lowest BCUT2D eigenvalue weighted by Crippen LogP contribution is -2.14. The van der Waals surface area contributed by atoms with Gasteiger partial charge in [-0.05, 0) is 30.7 Å². The Morgan fingerprint density at radius 2 is 1.95 bits per heavy atom. The fourth-order valence-electron chi connectivity index (χ4n) is 2.08. The van der Waals surface area contributed by atoms with Crippen molar-refractivity contribution in [1.29, 1.82) is 0 Å². The Kier molecular flexibility index (Phi) is 5.50. The highest BCUT2D eigenvalue weighted by molar-refractivity contribution is 7.99. The zero-order valence-electron chi connectivity index (χ0n) is 11.9. The molecule has 3 heteroatoms. The molecule has 2 aromatic carbocycles. The van der Waals surface area contributed by atoms with Crippen LogP contribution >= 0.6 is 11.8 Å². The van der Waals surface area contributed by atoms with Crippen molar-refractivity contribution >= 4 is 11.8 Å². The summed E-state index contributed by atoms with van der Waals surface area (Å²) in [5.74, 6) is 1.52. The number of aliphatic hydroxyl groups is 1. The Morgan fingerprint density at radius 3 is 2.70 bits per heavy atom. The van der Waals surface area contributed by atoms with Crippen molar-refractivity contribution < 1.29 is 9.84 Å². The maximum atomic E-state index is 10.2. The molecule has 0 saturated carbocycles. The standard InChI is InChI=1S/C17H20O2S/c1-13-6-5-8-16(10-13)20-12-15(18)11-14-7-3-4-9-17(14)19-2/h3-10,15,18H,11-12H2,1-2H3. The van der Waals surface area contributed by atoms with Crippen molar-refractivity contribution in [3.8, 4) is 5.75 Å². The van der Waals surface area contributed by atoms with Crippen molar-refractivity contribution in [1.82, 2.24) is 0 Å². The van der Waals surface area contributed by atoms with Gasteiger partial charge in [0.25, 0.3) is 0 Å². The molecule has 20 heavy (non-hydrogen) atoms. The van der Waals surface area contributed by atoms with E-state index in [9.17, 15) is 5.11 Å². The molecule has 1 unspecified atom stereocenters. The minimum atomic E-state index is -0.378. The number of hydrogen-bond acceptors (Lipinski definition) is 3. The SMILES string of the molecule is COc1ccccc1CC(O)CSc1cccc(C)c1. The normalized spacial score (nSPS) is 12.2. The number of ether oxygens (including phenoxy) is 1. The first-order valence-corrected chi connectivity index (χ1v) is 7.67. The molecule has 0 bridgehead atoms. The molecule has 106 valence electrons. The highest BCUT2D eigenvalue weighted by Gasteiger charge is 2.10. The maximum absolute atomic E-state index is 10.2. The van der Waals surface area contributed by atoms with Crippen molar-refractivity contribution in [3.63, 3.8) is 0 Å². The summed E-state index contributed by atoms with van der Waals surface area (Å²) in [7, 11) is 1.66. The van der Waals surface area contributed by atoms with E-state index in [1.165, 1.54) is 10.5 Å². The van der Waals surface area contributed by atoms with Gasteiger partial charge in [-0.1, -0.05) is 35.9 Å². The summed E-state index contributed by atoms with van der Waals surface area (Å²) < 4.78 is 5.31. The van der Waals surface area contributed by atoms with Crippen LogP contribution in [0.25, 0.3) is 0 Å². The zero-order valence-corrected chi connectivity index (χ0v) is 12.7. The van der Waals surface area contributed by atoms with Crippen molar-refractivity contribution in [2.45, 2.75) is 24.3 Å². The van der Waals surface area contributed by atoms with Crippen LogP contribution in [0.15, 0.2) is 53.4 Å². The lowest BCUT2D eigenvalue weighted by molar-refractivity contribution is 0.199. The van der Waals surface area contributed by atoms with Crippen molar-refractivity contribution in [2.75, 3.05) is 12.9 Å². The van der Waals surface area contributed by atoms with Gasteiger partial charge in [0.15, 0.2) is 0 Å². The second-order valence-electron chi connectivity index (χ2n) is 4.80. The smallest absolute Gasteiger partial charge is 0.122 e. The number of aliphatic hydroxyl groups excluding tert-OH is 1. The molecule has 0 saturated heterocycles. The van der Waals surface area contributed by atoms with Gasteiger partial charge in [-0.15, -0.1) is 11.8 Å². The molecule has 0 fully saturated rings. The Hall–Kier alpha value is -1.45. The number of aryl methyl sites for hydroxylation is 1. The Balaban J connectivity index is 1.91. The first kappa shape index (κ1) is 14.9. The van der Waals surface area contributed by atoms with Gasteiger partial charge in [-0.2, -0.15) is 0 Å². The molecule has 1 N–H and O–H groups in total. The van der Waals surface area contributed by atoms with E-state index in [2.05, 4.69) is 25.1 Å². The third-order valence-corrected chi connectivity index (χ3v) is 4.22. The predicted molar refractivity (Wildman–Crippen MR) is 84.6 cm³/mol. The molecule has 0 radical (unpaired) electrons. The summed E-state index contributed by atoms with van der Waals surface area (Å²) in [6.07, 6.45) is 0.236. The van der Waals surface area contributed by atoms with E-state index in [0.29, 0.717) is 12.2 Å². The van der Waals surface area contributed by atoms with Gasteiger partial charge >= 0.3 is 0 Å². The highest BCUT2D eigenvalue weighted by Crippen LogP contribution is 2.23. The number of methoxy groups -OCH3 is 1. The van der Waals surface area contributed by atoms with Crippen LogP contribution in [0.2, 0.25) is 0 Å². The number of rotatable bonds is 6. The Bertz CT molecular complexity index is 554. The minimum absolute atomic E-state index is 0.378. The summed E-state index contributed by atoms with van der Waals surface area (Å²) in [4.78, 5) is 1.20. The summed E-state index contributed by atoms with van der Waals surface area (Å²) in [5.41, 5.74) is 2.29. The molecule has 0 amide bonds. The molecular formula is C17H20O2S. The fraction of sp³-hybridized carbons (Fsp3) is 0.294. The van der Waals surface area contributed by atoms with Crippen LogP contribution in [0.1, 0.15) is 11.1 Å². The van der Waals surface area contributed by atoms with Crippen molar-refractivity contribution in [2.24, 2.45) is 0 Å². The molecule has 2 aromatic rings. The van der Waals surface area contributed by atoms with Crippen molar-refractivity contribution in [3.05, 3.63) is 59.7 Å². The van der Waals surface area contributed by atoms with Crippen LogP contribution < -0.4 is 4.74 Å². The molecular weight excluding hydrogens is 268 g/mol. The molecule has 0 aliphatic carbocycles. The molecule has 1 atom stereocenters. The average molecular weight is 288 g/mol. The third kappa shape index (κ3) is 4.29. The predicted octanol–water partition coefficient (Wildman–Crippen LogP) is 3.70. The van der Waals surface area contributed by atoms with E-state index in [-0.39, 0.29) is 6.10 Å². The van der Waals surface area contributed by atoms with E-state index in [1.54, 1.807) is 18.9 Å². The molecule has 2 nitrogen and oxygen atoms in total. The van der Waals surface area contributed by atoms with E-state index in [0.717, 1.165) is 11.3 Å². The summed E-state index contributed by atoms with van der Waals surface area (Å²) in [5, 5.41) is 10.2. The van der Waals surface area contributed by atoms with Gasteiger partial charge in [0, 0.05) is 17.1 Å². The minimum Gasteiger partial charge on any atom is -0.496 e. The lowest BCUT2D eigenvalue weighted by Gasteiger charge is -2.13. The van der Waals surface area contributed by atoms with Gasteiger partial charge in [-0.3, -0.25) is 0 Å². The Labute approximate surface area is 124 Å². The largest absolute Gasteiger partial charge is 0.496 e. The van der Waals surface area contributed by atoms with Gasteiger partial charge in [-0.25, -0.2) is 0 Å². The molecule has 0 aliphatic heterocycles. The monoisotopic (exact) mass is 288 g/mol. The quantitative estimate of drug-likeness (QED) is 0.822. The van der Waals surface area contributed by atoms with E-state index >= 15 is 0 Å². The van der Waals surface area contributed by atoms with E-state index in [1.807, 2.05) is 30.3 Å². The highest BCUT2D eigenvalue weighted by atomic mass is 32.2. The van der Waals surface area contributed by atoms with Crippen LogP contribution in [0.5, 0.6) is 5.75 Å². The number of thioether (sulfide) groups is 1. The van der Waals surface area contributed by atoms with Crippen LogP contribution in [0.3, 0.4) is 0 Å². The zero-order chi connectivity index (χ0) is 14.4. The van der Waals surface area contributed by atoms with Crippen LogP contribution in [-0.2, 0) is 6.42 Å². The summed E-state index contributed by atoms with van der Waals surface area (Å²) in [6, 6.07) is 16.2. The molecule has 2 rings (SSSR count). The second-order valence-corrected chi connectivity index (χ2v) is 5.89. The average Bonchev–Trinajstić information content (AvgIpc) is 2.46. The molecule has 0 aromatic heterocycles. The first-order valence-electron chi connectivity index (χ1n) is 6.68. The number of benzene rings is 2. The summed E-state index contributed by atoms with van der Waals surface area (Å²) in [6.45, 7) is 2.08. The lowest BCUT2D eigenvalue weighted by atomic mass is 10.1. The molecule has 0 spiro atoms. The van der Waals surface area contributed by atoms with Crippen LogP contribution in [0, 0.1) is 6.92 Å². The molecule has 0 aliphatic rings. The fourth-order valence-corrected chi connectivity index (χ4v) is 3.03. The van der Waals surface area contributed by atoms with Crippen LogP contribution in [0.4, 0.5) is 0 Å². The molecule has 0 heterocycles. The topological polar surface area (TPSA) is 29.5 Å². The summed E-state index contributed by atoms with van der Waals surface area (Å²) >= 11 is 1.68. The van der Waals surface area contributed by atoms with Gasteiger partial charge in [0.2, 0.25) is 0 Å². The van der Waals surface area contributed by atoms with E-state index < -0.39 is 0 Å². The van der Waals surface area contributed by atoms with E-state index in [4.69, 9.17) is 4.74 Å². The Morgan fingerprint density at radius 1 is 1.15 bits per heavy atom.